The Labute approximate surface area is 93.6 Å². The zero-order valence-corrected chi connectivity index (χ0v) is 10.0. The second-order valence-corrected chi connectivity index (χ2v) is 4.50. The summed E-state index contributed by atoms with van der Waals surface area (Å²) in [5.74, 6) is 0. The van der Waals surface area contributed by atoms with E-state index in [1.165, 1.54) is 0 Å². The molecule has 0 saturated heterocycles. The van der Waals surface area contributed by atoms with Crippen LogP contribution in [-0.4, -0.2) is 39.6 Å². The van der Waals surface area contributed by atoms with E-state index < -0.39 is 0 Å². The summed E-state index contributed by atoms with van der Waals surface area (Å²) in [5, 5.41) is 20.1. The average molecular weight is 231 g/mol. The zero-order chi connectivity index (χ0) is 11.3. The van der Waals surface area contributed by atoms with Crippen LogP contribution < -0.4 is 5.32 Å². The van der Waals surface area contributed by atoms with Crippen molar-refractivity contribution in [1.82, 2.24) is 15.6 Å². The van der Waals surface area contributed by atoms with E-state index in [1.807, 2.05) is 20.1 Å². The third-order valence-electron chi connectivity index (χ3n) is 2.38. The number of rotatable bonds is 6. The fourth-order valence-corrected chi connectivity index (χ4v) is 1.89. The average Bonchev–Trinajstić information content (AvgIpc) is 2.63. The Bertz CT molecular complexity index is 289. The molecule has 0 saturated carbocycles. The Morgan fingerprint density at radius 2 is 2.27 bits per heavy atom. The number of thioether (sulfide) groups is 1. The van der Waals surface area contributed by atoms with E-state index in [0.29, 0.717) is 6.54 Å². The molecular formula is C9H17N3O2S. The molecule has 2 atom stereocenters. The highest BCUT2D eigenvalue weighted by Gasteiger charge is 2.15. The maximum absolute atomic E-state index is 9.10. The van der Waals surface area contributed by atoms with Crippen molar-refractivity contribution >= 4 is 11.8 Å². The second-order valence-electron chi connectivity index (χ2n) is 3.42. The zero-order valence-electron chi connectivity index (χ0n) is 9.23. The first-order valence-corrected chi connectivity index (χ1v) is 6.13. The lowest BCUT2D eigenvalue weighted by Gasteiger charge is -2.20. The van der Waals surface area contributed by atoms with Gasteiger partial charge in [-0.15, -0.1) is 0 Å². The van der Waals surface area contributed by atoms with Crippen molar-refractivity contribution < 1.29 is 9.74 Å². The van der Waals surface area contributed by atoms with Crippen LogP contribution in [0, 0.1) is 6.92 Å². The van der Waals surface area contributed by atoms with Gasteiger partial charge in [0, 0.05) is 17.8 Å². The number of aliphatic hydroxyl groups excluding tert-OH is 1. The van der Waals surface area contributed by atoms with E-state index in [9.17, 15) is 0 Å². The van der Waals surface area contributed by atoms with Crippen LogP contribution in [0.5, 0.6) is 0 Å². The number of nitrogens with zero attached hydrogens (tertiary/aromatic N) is 2. The maximum Gasteiger partial charge on any atom is 0.121 e. The van der Waals surface area contributed by atoms with Crippen LogP contribution in [0.2, 0.25) is 0 Å². The van der Waals surface area contributed by atoms with Gasteiger partial charge in [0.05, 0.1) is 6.61 Å². The SMILES string of the molecule is CSC(CO)C(C)NCc1nonc1C. The molecule has 86 valence electrons. The van der Waals surface area contributed by atoms with Gasteiger partial charge < -0.3 is 10.4 Å². The molecule has 5 nitrogen and oxygen atoms in total. The smallest absolute Gasteiger partial charge is 0.121 e. The molecule has 0 spiro atoms. The van der Waals surface area contributed by atoms with Gasteiger partial charge in [-0.05, 0) is 20.1 Å². The molecule has 0 aliphatic rings. The van der Waals surface area contributed by atoms with Gasteiger partial charge in [-0.2, -0.15) is 11.8 Å². The van der Waals surface area contributed by atoms with Crippen LogP contribution in [0.3, 0.4) is 0 Å². The van der Waals surface area contributed by atoms with Crippen molar-refractivity contribution in [3.8, 4) is 0 Å². The fraction of sp³-hybridized carbons (Fsp3) is 0.778. The van der Waals surface area contributed by atoms with Crippen molar-refractivity contribution in [3.05, 3.63) is 11.4 Å². The molecule has 6 heteroatoms. The molecule has 1 rings (SSSR count). The molecule has 1 heterocycles. The molecule has 0 fully saturated rings. The summed E-state index contributed by atoms with van der Waals surface area (Å²) in [6.07, 6.45) is 1.99. The van der Waals surface area contributed by atoms with Gasteiger partial charge >= 0.3 is 0 Å². The molecule has 15 heavy (non-hydrogen) atoms. The van der Waals surface area contributed by atoms with Gasteiger partial charge in [0.1, 0.15) is 11.4 Å². The van der Waals surface area contributed by atoms with Crippen molar-refractivity contribution in [2.45, 2.75) is 31.7 Å². The van der Waals surface area contributed by atoms with Gasteiger partial charge in [0.2, 0.25) is 0 Å². The largest absolute Gasteiger partial charge is 0.395 e. The Hall–Kier alpha value is -0.590. The molecule has 0 radical (unpaired) electrons. The minimum absolute atomic E-state index is 0.172. The summed E-state index contributed by atoms with van der Waals surface area (Å²) in [6.45, 7) is 4.69. The molecule has 2 N–H and O–H groups in total. The highest BCUT2D eigenvalue weighted by molar-refractivity contribution is 7.99. The Kier molecular flexibility index (Phi) is 5.07. The maximum atomic E-state index is 9.10. The van der Waals surface area contributed by atoms with E-state index in [2.05, 4.69) is 20.3 Å². The van der Waals surface area contributed by atoms with Crippen molar-refractivity contribution in [2.24, 2.45) is 0 Å². The first kappa shape index (κ1) is 12.5. The van der Waals surface area contributed by atoms with E-state index in [1.54, 1.807) is 11.8 Å². The van der Waals surface area contributed by atoms with E-state index in [-0.39, 0.29) is 17.9 Å². The van der Waals surface area contributed by atoms with Crippen LogP contribution in [0.15, 0.2) is 4.63 Å². The van der Waals surface area contributed by atoms with Crippen molar-refractivity contribution in [3.63, 3.8) is 0 Å². The summed E-state index contributed by atoms with van der Waals surface area (Å²) < 4.78 is 4.60. The van der Waals surface area contributed by atoms with Crippen molar-refractivity contribution in [2.75, 3.05) is 12.9 Å². The summed E-state index contributed by atoms with van der Waals surface area (Å²) in [7, 11) is 0. The molecule has 0 aromatic carbocycles. The molecule has 0 aliphatic carbocycles. The van der Waals surface area contributed by atoms with Crippen LogP contribution in [-0.2, 0) is 6.54 Å². The highest BCUT2D eigenvalue weighted by atomic mass is 32.2. The number of hydrogen-bond acceptors (Lipinski definition) is 6. The van der Waals surface area contributed by atoms with Gasteiger partial charge in [0.25, 0.3) is 0 Å². The quantitative estimate of drug-likeness (QED) is 0.746. The third kappa shape index (κ3) is 3.48. The van der Waals surface area contributed by atoms with Crippen LogP contribution in [0.4, 0.5) is 0 Å². The van der Waals surface area contributed by atoms with E-state index in [4.69, 9.17) is 5.11 Å². The lowest BCUT2D eigenvalue weighted by Crippen LogP contribution is -2.37. The van der Waals surface area contributed by atoms with Gasteiger partial charge in [-0.25, -0.2) is 4.63 Å². The number of hydrogen-bond donors (Lipinski definition) is 2. The van der Waals surface area contributed by atoms with Gasteiger partial charge in [0.15, 0.2) is 0 Å². The molecule has 1 aromatic rings. The minimum Gasteiger partial charge on any atom is -0.395 e. The normalized spacial score (nSPS) is 15.2. The predicted octanol–water partition coefficient (Wildman–Crippen LogP) is 0.580. The molecule has 0 aliphatic heterocycles. The van der Waals surface area contributed by atoms with Crippen LogP contribution in [0.1, 0.15) is 18.3 Å². The Morgan fingerprint density at radius 3 is 2.73 bits per heavy atom. The number of aliphatic hydroxyl groups is 1. The van der Waals surface area contributed by atoms with Gasteiger partial charge in [-0.3, -0.25) is 0 Å². The lowest BCUT2D eigenvalue weighted by molar-refractivity contribution is 0.274. The predicted molar refractivity (Wildman–Crippen MR) is 59.7 cm³/mol. The lowest BCUT2D eigenvalue weighted by atomic mass is 10.2. The third-order valence-corrected chi connectivity index (χ3v) is 3.54. The monoisotopic (exact) mass is 231 g/mol. The summed E-state index contributed by atoms with van der Waals surface area (Å²) in [5.41, 5.74) is 1.62. The molecular weight excluding hydrogens is 214 g/mol. The van der Waals surface area contributed by atoms with Crippen LogP contribution in [0.25, 0.3) is 0 Å². The summed E-state index contributed by atoms with van der Waals surface area (Å²) in [6, 6.07) is 0.223. The second kappa shape index (κ2) is 6.09. The molecule has 0 bridgehead atoms. The fourth-order valence-electron chi connectivity index (χ4n) is 1.24. The minimum atomic E-state index is 0.172. The number of aryl methyl sites for hydroxylation is 1. The van der Waals surface area contributed by atoms with Crippen LogP contribution >= 0.6 is 11.8 Å². The Balaban J connectivity index is 2.40. The standard InChI is InChI=1S/C9H17N3O2S/c1-6-8(12-14-11-6)4-10-7(2)9(5-13)15-3/h7,9-10,13H,4-5H2,1-3H3. The molecule has 0 amide bonds. The number of nitrogens with one attached hydrogen (secondary N) is 1. The van der Waals surface area contributed by atoms with Crippen molar-refractivity contribution in [1.29, 1.82) is 0 Å². The summed E-state index contributed by atoms with van der Waals surface area (Å²) in [4.78, 5) is 0. The molecule has 2 unspecified atom stereocenters. The Morgan fingerprint density at radius 1 is 1.53 bits per heavy atom. The summed E-state index contributed by atoms with van der Waals surface area (Å²) >= 11 is 1.65. The van der Waals surface area contributed by atoms with Gasteiger partial charge in [-0.1, -0.05) is 10.3 Å². The first-order chi connectivity index (χ1) is 7.19. The number of aromatic nitrogens is 2. The van der Waals surface area contributed by atoms with E-state index in [0.717, 1.165) is 11.4 Å². The first-order valence-electron chi connectivity index (χ1n) is 4.84. The molecule has 1 aromatic heterocycles. The topological polar surface area (TPSA) is 71.2 Å². The van der Waals surface area contributed by atoms with E-state index >= 15 is 0 Å². The highest BCUT2D eigenvalue weighted by Crippen LogP contribution is 2.11.